The summed E-state index contributed by atoms with van der Waals surface area (Å²) in [5.41, 5.74) is 4.36. The quantitative estimate of drug-likeness (QED) is 0.293. The van der Waals surface area contributed by atoms with E-state index < -0.39 is 0 Å². The number of ether oxygens (including phenoxy) is 3. The van der Waals surface area contributed by atoms with Gasteiger partial charge in [0.05, 0.1) is 25.0 Å². The van der Waals surface area contributed by atoms with Crippen LogP contribution in [0, 0.1) is 0 Å². The minimum atomic E-state index is -0.302. The van der Waals surface area contributed by atoms with Gasteiger partial charge >= 0.3 is 0 Å². The van der Waals surface area contributed by atoms with Crippen molar-refractivity contribution < 1.29 is 14.2 Å². The van der Waals surface area contributed by atoms with Crippen LogP contribution in [0.25, 0.3) is 0 Å². The van der Waals surface area contributed by atoms with Crippen LogP contribution in [0.2, 0.25) is 0 Å². The Morgan fingerprint density at radius 2 is 1.71 bits per heavy atom. The SMILES string of the molecule is CCCCOc1ccc([C@H]2Oc3ccc(Br)cc3[C@@H]3CC(c4ccc(OCC)cc4)=NN23)cc1. The number of halogens is 1. The van der Waals surface area contributed by atoms with E-state index in [-0.39, 0.29) is 12.3 Å². The zero-order chi connectivity index (χ0) is 23.5. The van der Waals surface area contributed by atoms with E-state index in [0.717, 1.165) is 70.0 Å². The number of rotatable bonds is 8. The highest BCUT2D eigenvalue weighted by Gasteiger charge is 2.41. The summed E-state index contributed by atoms with van der Waals surface area (Å²) in [4.78, 5) is 0. The molecule has 0 bridgehead atoms. The molecule has 6 heteroatoms. The van der Waals surface area contributed by atoms with Crippen molar-refractivity contribution in [3.63, 3.8) is 0 Å². The molecule has 0 aliphatic carbocycles. The molecule has 3 aromatic carbocycles. The molecule has 0 unspecified atom stereocenters. The van der Waals surface area contributed by atoms with Gasteiger partial charge in [-0.1, -0.05) is 29.3 Å². The van der Waals surface area contributed by atoms with Crippen LogP contribution in [-0.2, 0) is 0 Å². The summed E-state index contributed by atoms with van der Waals surface area (Å²) in [5, 5.41) is 7.17. The second-order valence-corrected chi connectivity index (χ2v) is 9.44. The Morgan fingerprint density at radius 1 is 0.971 bits per heavy atom. The molecule has 0 fully saturated rings. The fourth-order valence-electron chi connectivity index (χ4n) is 4.43. The fraction of sp³-hybridized carbons (Fsp3) is 0.321. The van der Waals surface area contributed by atoms with Crippen molar-refractivity contribution in [1.29, 1.82) is 0 Å². The first-order chi connectivity index (χ1) is 16.7. The van der Waals surface area contributed by atoms with Gasteiger partial charge in [0, 0.05) is 22.0 Å². The third kappa shape index (κ3) is 4.64. The molecule has 5 rings (SSSR count). The average Bonchev–Trinajstić information content (AvgIpc) is 3.31. The molecule has 176 valence electrons. The summed E-state index contributed by atoms with van der Waals surface area (Å²) in [5.74, 6) is 2.66. The highest BCUT2D eigenvalue weighted by Crippen LogP contribution is 2.48. The fourth-order valence-corrected chi connectivity index (χ4v) is 4.80. The second-order valence-electron chi connectivity index (χ2n) is 8.53. The molecule has 3 aromatic rings. The highest BCUT2D eigenvalue weighted by molar-refractivity contribution is 9.10. The first kappa shape index (κ1) is 22.8. The van der Waals surface area contributed by atoms with Crippen molar-refractivity contribution >= 4 is 21.6 Å². The maximum atomic E-state index is 6.50. The number of hydrogen-bond donors (Lipinski definition) is 0. The van der Waals surface area contributed by atoms with Crippen molar-refractivity contribution in [3.8, 4) is 17.2 Å². The first-order valence-corrected chi connectivity index (χ1v) is 12.7. The molecule has 0 N–H and O–H groups in total. The summed E-state index contributed by atoms with van der Waals surface area (Å²) in [7, 11) is 0. The smallest absolute Gasteiger partial charge is 0.213 e. The Bertz CT molecular complexity index is 1160. The van der Waals surface area contributed by atoms with E-state index in [9.17, 15) is 0 Å². The molecule has 0 radical (unpaired) electrons. The summed E-state index contributed by atoms with van der Waals surface area (Å²) in [6, 6.07) is 22.7. The second kappa shape index (κ2) is 10.1. The Hall–Kier alpha value is -2.99. The van der Waals surface area contributed by atoms with Gasteiger partial charge in [-0.3, -0.25) is 0 Å². The molecule has 0 saturated heterocycles. The predicted octanol–water partition coefficient (Wildman–Crippen LogP) is 7.27. The molecular weight excluding hydrogens is 492 g/mol. The normalized spacial score (nSPS) is 18.6. The molecule has 0 spiro atoms. The molecule has 2 aliphatic heterocycles. The Kier molecular flexibility index (Phi) is 6.77. The third-order valence-corrected chi connectivity index (χ3v) is 6.68. The van der Waals surface area contributed by atoms with Gasteiger partial charge in [0.2, 0.25) is 6.23 Å². The molecular formula is C28H29BrN2O3. The van der Waals surface area contributed by atoms with E-state index in [0.29, 0.717) is 6.61 Å². The van der Waals surface area contributed by atoms with Gasteiger partial charge in [0.1, 0.15) is 17.2 Å². The minimum absolute atomic E-state index is 0.105. The number of benzene rings is 3. The molecule has 0 aromatic heterocycles. The van der Waals surface area contributed by atoms with Crippen LogP contribution in [0.5, 0.6) is 17.2 Å². The van der Waals surface area contributed by atoms with E-state index >= 15 is 0 Å². The van der Waals surface area contributed by atoms with Gasteiger partial charge in [0.15, 0.2) is 0 Å². The number of nitrogens with zero attached hydrogens (tertiary/aromatic N) is 2. The van der Waals surface area contributed by atoms with E-state index in [1.54, 1.807) is 0 Å². The van der Waals surface area contributed by atoms with E-state index in [1.807, 2.05) is 43.3 Å². The van der Waals surface area contributed by atoms with Crippen molar-refractivity contribution in [3.05, 3.63) is 87.9 Å². The highest BCUT2D eigenvalue weighted by atomic mass is 79.9. The standard InChI is InChI=1S/C28H29BrN2O3/c1-3-5-16-33-23-13-8-20(9-14-23)28-31-26(24-17-21(29)10-15-27(24)34-28)18-25(30-31)19-6-11-22(12-7-19)32-4-2/h6-15,17,26,28H,3-5,16,18H2,1-2H3/t26-,28+/m0/s1. The van der Waals surface area contributed by atoms with Crippen molar-refractivity contribution in [1.82, 2.24) is 5.01 Å². The predicted molar refractivity (Wildman–Crippen MR) is 138 cm³/mol. The largest absolute Gasteiger partial charge is 0.494 e. The van der Waals surface area contributed by atoms with E-state index in [1.165, 1.54) is 0 Å². The zero-order valence-electron chi connectivity index (χ0n) is 19.5. The lowest BCUT2D eigenvalue weighted by atomic mass is 9.96. The van der Waals surface area contributed by atoms with E-state index in [2.05, 4.69) is 58.2 Å². The summed E-state index contributed by atoms with van der Waals surface area (Å²) < 4.78 is 19.0. The van der Waals surface area contributed by atoms with Gasteiger partial charge in [-0.25, -0.2) is 5.01 Å². The molecule has 2 atom stereocenters. The number of hydrogen-bond acceptors (Lipinski definition) is 5. The van der Waals surface area contributed by atoms with Crippen LogP contribution in [0.15, 0.2) is 76.3 Å². The van der Waals surface area contributed by atoms with Gasteiger partial charge in [-0.2, -0.15) is 5.10 Å². The van der Waals surface area contributed by atoms with E-state index in [4.69, 9.17) is 19.3 Å². The number of hydrazone groups is 1. The summed E-state index contributed by atoms with van der Waals surface area (Å²) in [6.45, 7) is 5.55. The molecule has 2 aliphatic rings. The number of unbranched alkanes of at least 4 members (excludes halogenated alkanes) is 1. The van der Waals surface area contributed by atoms with Crippen LogP contribution < -0.4 is 14.2 Å². The van der Waals surface area contributed by atoms with Crippen LogP contribution in [0.1, 0.15) is 62.1 Å². The zero-order valence-corrected chi connectivity index (χ0v) is 21.1. The Labute approximate surface area is 209 Å². The van der Waals surface area contributed by atoms with Gasteiger partial charge in [-0.05, 0) is 85.6 Å². The molecule has 0 amide bonds. The third-order valence-electron chi connectivity index (χ3n) is 6.18. The monoisotopic (exact) mass is 520 g/mol. The lowest BCUT2D eigenvalue weighted by Gasteiger charge is -2.38. The molecule has 0 saturated carbocycles. The molecule has 5 nitrogen and oxygen atoms in total. The summed E-state index contributed by atoms with van der Waals surface area (Å²) >= 11 is 3.62. The maximum Gasteiger partial charge on any atom is 0.213 e. The lowest BCUT2D eigenvalue weighted by molar-refractivity contribution is -0.0191. The average molecular weight is 521 g/mol. The first-order valence-electron chi connectivity index (χ1n) is 11.9. The minimum Gasteiger partial charge on any atom is -0.494 e. The maximum absolute atomic E-state index is 6.50. The van der Waals surface area contributed by atoms with Crippen molar-refractivity contribution in [2.45, 2.75) is 45.4 Å². The van der Waals surface area contributed by atoms with Crippen LogP contribution in [0.4, 0.5) is 0 Å². The van der Waals surface area contributed by atoms with Crippen molar-refractivity contribution in [2.75, 3.05) is 13.2 Å². The van der Waals surface area contributed by atoms with Crippen LogP contribution >= 0.6 is 15.9 Å². The Morgan fingerprint density at radius 3 is 2.44 bits per heavy atom. The van der Waals surface area contributed by atoms with Gasteiger partial charge < -0.3 is 14.2 Å². The van der Waals surface area contributed by atoms with Gasteiger partial charge in [-0.15, -0.1) is 0 Å². The molecule has 34 heavy (non-hydrogen) atoms. The number of fused-ring (bicyclic) bond motifs is 3. The summed E-state index contributed by atoms with van der Waals surface area (Å²) in [6.07, 6.45) is 2.69. The Balaban J connectivity index is 1.45. The van der Waals surface area contributed by atoms with Crippen LogP contribution in [0.3, 0.4) is 0 Å². The molecule has 2 heterocycles. The topological polar surface area (TPSA) is 43.3 Å². The van der Waals surface area contributed by atoms with Crippen molar-refractivity contribution in [2.24, 2.45) is 5.10 Å². The van der Waals surface area contributed by atoms with Gasteiger partial charge in [0.25, 0.3) is 0 Å². The van der Waals surface area contributed by atoms with Crippen LogP contribution in [-0.4, -0.2) is 23.9 Å². The lowest BCUT2D eigenvalue weighted by Crippen LogP contribution is -2.33.